The highest BCUT2D eigenvalue weighted by Gasteiger charge is 2.32. The number of nitrogens with zero attached hydrogens (tertiary/aromatic N) is 3. The molecule has 7 heteroatoms. The number of non-ortho nitro benzene ring substituents is 1. The van der Waals surface area contributed by atoms with Crippen LogP contribution in [0, 0.1) is 10.1 Å². The van der Waals surface area contributed by atoms with Crippen molar-refractivity contribution in [2.45, 2.75) is 12.5 Å². The molecule has 23 heavy (non-hydrogen) atoms. The van der Waals surface area contributed by atoms with Gasteiger partial charge in [0.05, 0.1) is 24.4 Å². The Balaban J connectivity index is 1.47. The van der Waals surface area contributed by atoms with Crippen LogP contribution in [0.3, 0.4) is 0 Å². The van der Waals surface area contributed by atoms with Gasteiger partial charge in [0, 0.05) is 24.5 Å². The highest BCUT2D eigenvalue weighted by atomic mass is 16.6. The van der Waals surface area contributed by atoms with E-state index < -0.39 is 4.92 Å². The lowest BCUT2D eigenvalue weighted by Gasteiger charge is -2.39. The van der Waals surface area contributed by atoms with Crippen LogP contribution in [0.25, 0.3) is 0 Å². The Labute approximate surface area is 132 Å². The summed E-state index contributed by atoms with van der Waals surface area (Å²) >= 11 is 0. The summed E-state index contributed by atoms with van der Waals surface area (Å²) in [6, 6.07) is 9.62. The van der Waals surface area contributed by atoms with E-state index in [1.54, 1.807) is 35.5 Å². The maximum Gasteiger partial charge on any atom is 0.269 e. The first-order chi connectivity index (χ1) is 11.1. The quantitative estimate of drug-likeness (QED) is 0.621. The Morgan fingerprint density at radius 3 is 2.65 bits per heavy atom. The van der Waals surface area contributed by atoms with Gasteiger partial charge in [-0.05, 0) is 23.8 Å². The molecule has 1 amide bonds. The summed E-state index contributed by atoms with van der Waals surface area (Å²) in [4.78, 5) is 27.9. The molecule has 0 unspecified atom stereocenters. The fourth-order valence-corrected chi connectivity index (χ4v) is 2.34. The normalized spacial score (nSPS) is 14.2. The summed E-state index contributed by atoms with van der Waals surface area (Å²) < 4.78 is 5.69. The third-order valence-electron chi connectivity index (χ3n) is 3.63. The second-order valence-electron chi connectivity index (χ2n) is 5.33. The minimum absolute atomic E-state index is 0.0271. The lowest BCUT2D eigenvalue weighted by Crippen LogP contribution is -2.56. The number of aromatic nitrogens is 1. The molecule has 0 atom stereocenters. The van der Waals surface area contributed by atoms with Crippen LogP contribution in [-0.4, -0.2) is 39.9 Å². The van der Waals surface area contributed by atoms with Gasteiger partial charge in [0.2, 0.25) is 5.91 Å². The zero-order chi connectivity index (χ0) is 16.2. The van der Waals surface area contributed by atoms with Crippen LogP contribution in [0.15, 0.2) is 48.8 Å². The number of nitro benzene ring substituents is 1. The van der Waals surface area contributed by atoms with Crippen molar-refractivity contribution in [1.82, 2.24) is 9.88 Å². The van der Waals surface area contributed by atoms with E-state index in [2.05, 4.69) is 4.98 Å². The highest BCUT2D eigenvalue weighted by molar-refractivity contribution is 5.79. The van der Waals surface area contributed by atoms with E-state index in [1.165, 1.54) is 12.1 Å². The van der Waals surface area contributed by atoms with E-state index in [-0.39, 0.29) is 17.7 Å². The van der Waals surface area contributed by atoms with Crippen molar-refractivity contribution in [3.63, 3.8) is 0 Å². The third-order valence-corrected chi connectivity index (χ3v) is 3.63. The largest absolute Gasteiger partial charge is 0.487 e. The molecule has 2 aromatic rings. The third kappa shape index (κ3) is 3.63. The topological polar surface area (TPSA) is 85.6 Å². The summed E-state index contributed by atoms with van der Waals surface area (Å²) in [5, 5.41) is 10.6. The number of amides is 1. The minimum Gasteiger partial charge on any atom is -0.487 e. The number of pyridine rings is 1. The standard InChI is InChI=1S/C16H15N3O4/c20-16(8-12-2-1-7-17-9-12)18-10-15(11-18)23-14-5-3-13(4-6-14)19(21)22/h1-7,9,15H,8,10-11H2. The number of hydrogen-bond donors (Lipinski definition) is 0. The van der Waals surface area contributed by atoms with Crippen LogP contribution in [0.4, 0.5) is 5.69 Å². The maximum absolute atomic E-state index is 12.1. The average molecular weight is 313 g/mol. The molecule has 0 aliphatic carbocycles. The van der Waals surface area contributed by atoms with Crippen molar-refractivity contribution < 1.29 is 14.5 Å². The molecule has 1 aromatic carbocycles. The number of likely N-dealkylation sites (tertiary alicyclic amines) is 1. The number of hydrogen-bond acceptors (Lipinski definition) is 5. The zero-order valence-electron chi connectivity index (χ0n) is 12.3. The summed E-state index contributed by atoms with van der Waals surface area (Å²) in [6.45, 7) is 1.05. The molecular formula is C16H15N3O4. The molecule has 0 N–H and O–H groups in total. The van der Waals surface area contributed by atoms with Gasteiger partial charge < -0.3 is 9.64 Å². The van der Waals surface area contributed by atoms with Crippen molar-refractivity contribution in [3.8, 4) is 5.75 Å². The van der Waals surface area contributed by atoms with Gasteiger partial charge in [0.1, 0.15) is 11.9 Å². The van der Waals surface area contributed by atoms with Crippen LogP contribution in [0.2, 0.25) is 0 Å². The first kappa shape index (κ1) is 15.0. The lowest BCUT2D eigenvalue weighted by atomic mass is 10.1. The van der Waals surface area contributed by atoms with Gasteiger partial charge in [-0.3, -0.25) is 19.9 Å². The molecule has 0 radical (unpaired) electrons. The molecule has 3 rings (SSSR count). The van der Waals surface area contributed by atoms with Gasteiger partial charge in [-0.15, -0.1) is 0 Å². The SMILES string of the molecule is O=C(Cc1cccnc1)N1CC(Oc2ccc([N+](=O)[O-])cc2)C1. The van der Waals surface area contributed by atoms with Crippen LogP contribution in [0.1, 0.15) is 5.56 Å². The highest BCUT2D eigenvalue weighted by Crippen LogP contribution is 2.21. The van der Waals surface area contributed by atoms with Crippen LogP contribution >= 0.6 is 0 Å². The van der Waals surface area contributed by atoms with Crippen molar-refractivity contribution in [2.24, 2.45) is 0 Å². The van der Waals surface area contributed by atoms with Crippen molar-refractivity contribution in [2.75, 3.05) is 13.1 Å². The average Bonchev–Trinajstić information content (AvgIpc) is 2.51. The Kier molecular flexibility index (Phi) is 4.18. The van der Waals surface area contributed by atoms with Gasteiger partial charge in [-0.25, -0.2) is 0 Å². The molecule has 2 heterocycles. The molecule has 0 bridgehead atoms. The molecule has 118 valence electrons. The minimum atomic E-state index is -0.452. The van der Waals surface area contributed by atoms with Crippen LogP contribution in [-0.2, 0) is 11.2 Å². The second kappa shape index (κ2) is 6.43. The molecule has 1 aliphatic rings. The molecule has 7 nitrogen and oxygen atoms in total. The fraction of sp³-hybridized carbons (Fsp3) is 0.250. The van der Waals surface area contributed by atoms with Crippen molar-refractivity contribution in [3.05, 3.63) is 64.5 Å². The molecular weight excluding hydrogens is 298 g/mol. The second-order valence-corrected chi connectivity index (χ2v) is 5.33. The van der Waals surface area contributed by atoms with Crippen molar-refractivity contribution >= 4 is 11.6 Å². The van der Waals surface area contributed by atoms with E-state index in [1.807, 2.05) is 6.07 Å². The Morgan fingerprint density at radius 2 is 2.04 bits per heavy atom. The first-order valence-corrected chi connectivity index (χ1v) is 7.19. The predicted molar refractivity (Wildman–Crippen MR) is 82.0 cm³/mol. The number of rotatable bonds is 5. The van der Waals surface area contributed by atoms with Gasteiger partial charge in [0.25, 0.3) is 5.69 Å². The van der Waals surface area contributed by atoms with Gasteiger partial charge in [-0.1, -0.05) is 6.07 Å². The number of nitro groups is 1. The molecule has 1 fully saturated rings. The maximum atomic E-state index is 12.1. The molecule has 1 aliphatic heterocycles. The predicted octanol–water partition coefficient (Wildman–Crippen LogP) is 1.82. The molecule has 1 aromatic heterocycles. The lowest BCUT2D eigenvalue weighted by molar-refractivity contribution is -0.384. The van der Waals surface area contributed by atoms with E-state index in [0.29, 0.717) is 25.3 Å². The number of carbonyl (C=O) groups is 1. The van der Waals surface area contributed by atoms with Gasteiger partial charge in [-0.2, -0.15) is 0 Å². The van der Waals surface area contributed by atoms with E-state index in [0.717, 1.165) is 5.56 Å². The first-order valence-electron chi connectivity index (χ1n) is 7.19. The van der Waals surface area contributed by atoms with E-state index in [9.17, 15) is 14.9 Å². The van der Waals surface area contributed by atoms with E-state index >= 15 is 0 Å². The van der Waals surface area contributed by atoms with Gasteiger partial charge in [0.15, 0.2) is 0 Å². The summed E-state index contributed by atoms with van der Waals surface area (Å²) in [5.74, 6) is 0.613. The number of carbonyl (C=O) groups excluding carboxylic acids is 1. The fourth-order valence-electron chi connectivity index (χ4n) is 2.34. The smallest absolute Gasteiger partial charge is 0.269 e. The Bertz CT molecular complexity index is 697. The zero-order valence-corrected chi connectivity index (χ0v) is 12.3. The molecule has 0 spiro atoms. The molecule has 0 saturated carbocycles. The molecule has 1 saturated heterocycles. The van der Waals surface area contributed by atoms with Crippen molar-refractivity contribution in [1.29, 1.82) is 0 Å². The number of benzene rings is 1. The Hall–Kier alpha value is -2.96. The van der Waals surface area contributed by atoms with E-state index in [4.69, 9.17) is 4.74 Å². The summed E-state index contributed by atoms with van der Waals surface area (Å²) in [7, 11) is 0. The monoisotopic (exact) mass is 313 g/mol. The number of ether oxygens (including phenoxy) is 1. The van der Waals surface area contributed by atoms with Crippen LogP contribution < -0.4 is 4.74 Å². The summed E-state index contributed by atoms with van der Waals surface area (Å²) in [5.41, 5.74) is 0.913. The van der Waals surface area contributed by atoms with Crippen LogP contribution in [0.5, 0.6) is 5.75 Å². The summed E-state index contributed by atoms with van der Waals surface area (Å²) in [6.07, 6.45) is 3.61. The van der Waals surface area contributed by atoms with Gasteiger partial charge >= 0.3 is 0 Å². The Morgan fingerprint density at radius 1 is 1.30 bits per heavy atom.